The highest BCUT2D eigenvalue weighted by molar-refractivity contribution is 14.0. The fourth-order valence-corrected chi connectivity index (χ4v) is 4.22. The van der Waals surface area contributed by atoms with Crippen molar-refractivity contribution >= 4 is 35.8 Å². The van der Waals surface area contributed by atoms with E-state index in [1.807, 2.05) is 11.9 Å². The lowest BCUT2D eigenvalue weighted by molar-refractivity contribution is 0.0657. The number of nitrogens with zero attached hydrogens (tertiary/aromatic N) is 5. The molecular formula is C24H35IN6O2. The summed E-state index contributed by atoms with van der Waals surface area (Å²) in [6, 6.07) is 12.3. The molecule has 9 heteroatoms. The Morgan fingerprint density at radius 3 is 2.18 bits per heavy atom. The fourth-order valence-electron chi connectivity index (χ4n) is 4.22. The molecule has 1 amide bonds. The van der Waals surface area contributed by atoms with Crippen LogP contribution in [0.1, 0.15) is 21.7 Å². The van der Waals surface area contributed by atoms with Crippen LogP contribution < -0.4 is 5.32 Å². The van der Waals surface area contributed by atoms with Crippen LogP contribution in [0.5, 0.6) is 0 Å². The highest BCUT2D eigenvalue weighted by Crippen LogP contribution is 2.12. The van der Waals surface area contributed by atoms with E-state index in [2.05, 4.69) is 56.3 Å². The minimum absolute atomic E-state index is 0. The Kier molecular flexibility index (Phi) is 9.57. The normalized spacial score (nSPS) is 18.2. The Balaban J connectivity index is 0.00000306. The van der Waals surface area contributed by atoms with Crippen LogP contribution in [-0.4, -0.2) is 97.9 Å². The van der Waals surface area contributed by atoms with Crippen molar-refractivity contribution in [3.8, 4) is 0 Å². The number of guanidine groups is 1. The van der Waals surface area contributed by atoms with Gasteiger partial charge in [-0.2, -0.15) is 0 Å². The van der Waals surface area contributed by atoms with Gasteiger partial charge in [0.15, 0.2) is 11.7 Å². The van der Waals surface area contributed by atoms with Crippen LogP contribution in [-0.2, 0) is 13.1 Å². The van der Waals surface area contributed by atoms with Gasteiger partial charge in [0, 0.05) is 72.5 Å². The van der Waals surface area contributed by atoms with E-state index in [1.165, 1.54) is 17.4 Å². The van der Waals surface area contributed by atoms with Gasteiger partial charge in [-0.25, -0.2) is 0 Å². The Bertz CT molecular complexity index is 886. The molecule has 8 nitrogen and oxygen atoms in total. The van der Waals surface area contributed by atoms with Gasteiger partial charge in [0.1, 0.15) is 0 Å². The zero-order valence-corrected chi connectivity index (χ0v) is 21.9. The molecule has 0 atom stereocenters. The topological polar surface area (TPSA) is 67.6 Å². The van der Waals surface area contributed by atoms with Crippen LogP contribution in [0.15, 0.2) is 52.1 Å². The van der Waals surface area contributed by atoms with Crippen molar-refractivity contribution in [2.75, 3.05) is 66.5 Å². The van der Waals surface area contributed by atoms with Crippen LogP contribution in [0.3, 0.4) is 0 Å². The molecule has 0 unspecified atom stereocenters. The molecule has 0 radical (unpaired) electrons. The molecule has 4 rings (SSSR count). The van der Waals surface area contributed by atoms with Gasteiger partial charge >= 0.3 is 0 Å². The van der Waals surface area contributed by atoms with E-state index in [1.54, 1.807) is 12.1 Å². The number of benzene rings is 1. The molecule has 2 aliphatic rings. The third kappa shape index (κ3) is 6.94. The lowest BCUT2D eigenvalue weighted by Gasteiger charge is -2.36. The molecular weight excluding hydrogens is 531 g/mol. The molecule has 180 valence electrons. The van der Waals surface area contributed by atoms with Crippen molar-refractivity contribution in [2.24, 2.45) is 4.99 Å². The predicted molar refractivity (Wildman–Crippen MR) is 141 cm³/mol. The van der Waals surface area contributed by atoms with Crippen LogP contribution in [0, 0.1) is 0 Å². The monoisotopic (exact) mass is 566 g/mol. The molecule has 2 saturated heterocycles. The number of likely N-dealkylation sites (N-methyl/N-ethyl adjacent to an activating group) is 1. The van der Waals surface area contributed by atoms with E-state index >= 15 is 0 Å². The highest BCUT2D eigenvalue weighted by atomic mass is 127. The molecule has 1 N–H and O–H groups in total. The summed E-state index contributed by atoms with van der Waals surface area (Å²) in [7, 11) is 4.00. The second-order valence-electron chi connectivity index (χ2n) is 8.55. The van der Waals surface area contributed by atoms with E-state index in [4.69, 9.17) is 4.42 Å². The van der Waals surface area contributed by atoms with Crippen LogP contribution >= 0.6 is 24.0 Å². The smallest absolute Gasteiger partial charge is 0.289 e. The number of hydrogen-bond acceptors (Lipinski definition) is 5. The first-order valence-corrected chi connectivity index (χ1v) is 11.4. The standard InChI is InChI=1S/C24H34N6O2.HI/c1-25-24(30-15-13-29(14-16-30)23(31)22-4-3-17-32-22)26-18-20-5-7-21(8-6-20)19-28-11-9-27(2)10-12-28;/h3-8,17H,9-16,18-19H2,1-2H3,(H,25,26);1H. The summed E-state index contributed by atoms with van der Waals surface area (Å²) in [5.74, 6) is 1.22. The van der Waals surface area contributed by atoms with Crippen LogP contribution in [0.4, 0.5) is 0 Å². The van der Waals surface area contributed by atoms with Crippen molar-refractivity contribution in [2.45, 2.75) is 13.1 Å². The number of halogens is 1. The van der Waals surface area contributed by atoms with Gasteiger partial charge in [-0.05, 0) is 30.3 Å². The summed E-state index contributed by atoms with van der Waals surface area (Å²) in [5.41, 5.74) is 2.60. The maximum absolute atomic E-state index is 12.4. The van der Waals surface area contributed by atoms with Gasteiger partial charge in [0.25, 0.3) is 5.91 Å². The minimum Gasteiger partial charge on any atom is -0.459 e. The third-order valence-electron chi connectivity index (χ3n) is 6.29. The van der Waals surface area contributed by atoms with E-state index < -0.39 is 0 Å². The Morgan fingerprint density at radius 1 is 0.939 bits per heavy atom. The molecule has 1 aromatic heterocycles. The summed E-state index contributed by atoms with van der Waals surface area (Å²) in [5, 5.41) is 3.47. The first kappa shape index (κ1) is 25.5. The maximum Gasteiger partial charge on any atom is 0.289 e. The maximum atomic E-state index is 12.4. The number of carbonyl (C=O) groups is 1. The molecule has 2 aliphatic heterocycles. The summed E-state index contributed by atoms with van der Waals surface area (Å²) in [4.78, 5) is 25.8. The van der Waals surface area contributed by atoms with Gasteiger partial charge in [0.05, 0.1) is 6.26 Å². The van der Waals surface area contributed by atoms with E-state index in [0.717, 1.165) is 58.3 Å². The predicted octanol–water partition coefficient (Wildman–Crippen LogP) is 2.18. The molecule has 2 fully saturated rings. The first-order chi connectivity index (χ1) is 15.6. The summed E-state index contributed by atoms with van der Waals surface area (Å²) in [6.45, 7) is 9.11. The summed E-state index contributed by atoms with van der Waals surface area (Å²) >= 11 is 0. The zero-order valence-electron chi connectivity index (χ0n) is 19.6. The van der Waals surface area contributed by atoms with Gasteiger partial charge in [-0.1, -0.05) is 24.3 Å². The Morgan fingerprint density at radius 2 is 1.58 bits per heavy atom. The fraction of sp³-hybridized carbons (Fsp3) is 0.500. The summed E-state index contributed by atoms with van der Waals surface area (Å²) < 4.78 is 5.24. The minimum atomic E-state index is -0.0470. The lowest BCUT2D eigenvalue weighted by atomic mass is 10.1. The molecule has 1 aromatic carbocycles. The highest BCUT2D eigenvalue weighted by Gasteiger charge is 2.25. The lowest BCUT2D eigenvalue weighted by Crippen LogP contribution is -2.53. The number of rotatable bonds is 5. The first-order valence-electron chi connectivity index (χ1n) is 11.4. The van der Waals surface area contributed by atoms with Crippen molar-refractivity contribution in [1.29, 1.82) is 0 Å². The van der Waals surface area contributed by atoms with Crippen molar-refractivity contribution in [1.82, 2.24) is 24.9 Å². The van der Waals surface area contributed by atoms with Crippen molar-refractivity contribution in [3.05, 3.63) is 59.5 Å². The average molecular weight is 566 g/mol. The number of nitrogens with one attached hydrogen (secondary N) is 1. The number of piperazine rings is 2. The molecule has 0 aliphatic carbocycles. The van der Waals surface area contributed by atoms with Crippen LogP contribution in [0.2, 0.25) is 0 Å². The number of carbonyl (C=O) groups excluding carboxylic acids is 1. The third-order valence-corrected chi connectivity index (χ3v) is 6.29. The molecule has 33 heavy (non-hydrogen) atoms. The van der Waals surface area contributed by atoms with Gasteiger partial charge in [0.2, 0.25) is 0 Å². The van der Waals surface area contributed by atoms with E-state index in [0.29, 0.717) is 18.8 Å². The molecule has 0 saturated carbocycles. The van der Waals surface area contributed by atoms with E-state index in [9.17, 15) is 4.79 Å². The second kappa shape index (κ2) is 12.4. The Hall–Kier alpha value is -2.11. The van der Waals surface area contributed by atoms with Gasteiger partial charge in [-0.15, -0.1) is 24.0 Å². The molecule has 0 spiro atoms. The molecule has 0 bridgehead atoms. The molecule has 3 heterocycles. The number of hydrogen-bond donors (Lipinski definition) is 1. The summed E-state index contributed by atoms with van der Waals surface area (Å²) in [6.07, 6.45) is 1.54. The van der Waals surface area contributed by atoms with Crippen molar-refractivity contribution < 1.29 is 9.21 Å². The largest absolute Gasteiger partial charge is 0.459 e. The number of amides is 1. The van der Waals surface area contributed by atoms with Gasteiger partial charge < -0.3 is 24.4 Å². The zero-order chi connectivity index (χ0) is 22.3. The SMILES string of the molecule is CN=C(NCc1ccc(CN2CCN(C)CC2)cc1)N1CCN(C(=O)c2ccco2)CC1.I. The quantitative estimate of drug-likeness (QED) is 0.340. The second-order valence-corrected chi connectivity index (χ2v) is 8.55. The van der Waals surface area contributed by atoms with Crippen LogP contribution in [0.25, 0.3) is 0 Å². The number of furan rings is 1. The van der Waals surface area contributed by atoms with Gasteiger partial charge in [-0.3, -0.25) is 14.7 Å². The average Bonchev–Trinajstić information content (AvgIpc) is 3.37. The van der Waals surface area contributed by atoms with Crippen molar-refractivity contribution in [3.63, 3.8) is 0 Å². The molecule has 2 aromatic rings. The Labute approximate surface area is 213 Å². The number of aliphatic imine (C=N–C) groups is 1. The van der Waals surface area contributed by atoms with E-state index in [-0.39, 0.29) is 29.9 Å².